The number of thiazole rings is 1. The third-order valence-corrected chi connectivity index (χ3v) is 4.96. The standard InChI is InChI=1S/C21H26N5O4S/c1-5-20(27)29-13-11-22-25(12-14-30-21(28)6-2)19-9-7-18(8-10-19)23-24-26-16(3)15-31-17(26)4/h5-10,15,22H,1-2,11-14H2,3-4H3/q+1. The Bertz CT molecular complexity index is 920. The lowest BCUT2D eigenvalue weighted by molar-refractivity contribution is -0.692. The normalized spacial score (nSPS) is 10.6. The van der Waals surface area contributed by atoms with Crippen LogP contribution in [0.25, 0.3) is 0 Å². The van der Waals surface area contributed by atoms with Crippen LogP contribution in [0, 0.1) is 13.8 Å². The molecule has 9 nitrogen and oxygen atoms in total. The number of hydrogen-bond donors (Lipinski definition) is 1. The molecule has 0 spiro atoms. The van der Waals surface area contributed by atoms with Crippen molar-refractivity contribution in [1.82, 2.24) is 5.43 Å². The van der Waals surface area contributed by atoms with E-state index in [2.05, 4.69) is 28.9 Å². The fourth-order valence-electron chi connectivity index (χ4n) is 2.43. The lowest BCUT2D eigenvalue weighted by atomic mass is 10.3. The molecule has 0 aliphatic heterocycles. The molecule has 0 bridgehead atoms. The Balaban J connectivity index is 2.03. The third kappa shape index (κ3) is 7.76. The SMILES string of the molecule is C=CC(=O)OCCNN(CCOC(=O)C=C)c1ccc(N=N[n+]2c(C)csc2C)cc1. The average Bonchev–Trinajstić information content (AvgIpc) is 3.11. The van der Waals surface area contributed by atoms with Crippen LogP contribution in [-0.2, 0) is 19.1 Å². The smallest absolute Gasteiger partial charge is 0.330 e. The summed E-state index contributed by atoms with van der Waals surface area (Å²) in [5.41, 5.74) is 5.67. The van der Waals surface area contributed by atoms with Crippen LogP contribution in [-0.4, -0.2) is 38.2 Å². The van der Waals surface area contributed by atoms with E-state index in [9.17, 15) is 9.59 Å². The first-order valence-electron chi connectivity index (χ1n) is 9.53. The van der Waals surface area contributed by atoms with Gasteiger partial charge in [0.25, 0.3) is 0 Å². The van der Waals surface area contributed by atoms with Gasteiger partial charge in [-0.25, -0.2) is 15.0 Å². The first-order chi connectivity index (χ1) is 14.9. The fourth-order valence-corrected chi connectivity index (χ4v) is 3.16. The molecule has 0 radical (unpaired) electrons. The number of rotatable bonds is 12. The van der Waals surface area contributed by atoms with Gasteiger partial charge < -0.3 is 14.5 Å². The molecule has 0 saturated heterocycles. The number of benzene rings is 1. The highest BCUT2D eigenvalue weighted by Gasteiger charge is 2.11. The van der Waals surface area contributed by atoms with Crippen molar-refractivity contribution < 1.29 is 23.7 Å². The largest absolute Gasteiger partial charge is 0.461 e. The van der Waals surface area contributed by atoms with Crippen molar-refractivity contribution in [2.45, 2.75) is 13.8 Å². The second-order valence-electron chi connectivity index (χ2n) is 6.22. The summed E-state index contributed by atoms with van der Waals surface area (Å²) in [5, 5.41) is 13.4. The van der Waals surface area contributed by atoms with E-state index in [1.165, 1.54) is 0 Å². The summed E-state index contributed by atoms with van der Waals surface area (Å²) >= 11 is 1.61. The van der Waals surface area contributed by atoms with Crippen LogP contribution in [0.15, 0.2) is 65.3 Å². The van der Waals surface area contributed by atoms with Gasteiger partial charge in [0.15, 0.2) is 5.01 Å². The molecular formula is C21H26N5O4S+. The molecule has 1 N–H and O–H groups in total. The van der Waals surface area contributed by atoms with Crippen LogP contribution in [0.5, 0.6) is 0 Å². The molecule has 1 heterocycles. The summed E-state index contributed by atoms with van der Waals surface area (Å²) in [4.78, 5) is 22.5. The van der Waals surface area contributed by atoms with E-state index in [1.54, 1.807) is 21.0 Å². The maximum atomic E-state index is 11.3. The van der Waals surface area contributed by atoms with Gasteiger partial charge in [-0.1, -0.05) is 17.8 Å². The molecule has 2 aromatic rings. The van der Waals surface area contributed by atoms with Crippen molar-refractivity contribution in [1.29, 1.82) is 0 Å². The lowest BCUT2D eigenvalue weighted by Crippen LogP contribution is -2.42. The van der Waals surface area contributed by atoms with Gasteiger partial charge in [0.05, 0.1) is 17.3 Å². The number of esters is 2. The number of nitrogens with one attached hydrogen (secondary N) is 1. The average molecular weight is 445 g/mol. The summed E-state index contributed by atoms with van der Waals surface area (Å²) in [6.07, 6.45) is 2.22. The number of hydrazine groups is 1. The van der Waals surface area contributed by atoms with Gasteiger partial charge in [-0.3, -0.25) is 0 Å². The van der Waals surface area contributed by atoms with Gasteiger partial charge in [-0.15, -0.1) is 11.3 Å². The second-order valence-corrected chi connectivity index (χ2v) is 7.28. The Labute approximate surface area is 185 Å². The van der Waals surface area contributed by atoms with E-state index >= 15 is 0 Å². The van der Waals surface area contributed by atoms with Crippen LogP contribution in [0.1, 0.15) is 10.7 Å². The number of carbonyl (C=O) groups excluding carboxylic acids is 2. The number of hydrogen-bond acceptors (Lipinski definition) is 9. The Morgan fingerprint density at radius 1 is 1.13 bits per heavy atom. The second kappa shape index (κ2) is 12.4. The zero-order valence-electron chi connectivity index (χ0n) is 17.6. The van der Waals surface area contributed by atoms with E-state index in [1.807, 2.05) is 43.5 Å². The monoisotopic (exact) mass is 444 g/mol. The number of carbonyl (C=O) groups is 2. The first-order valence-corrected chi connectivity index (χ1v) is 10.4. The van der Waals surface area contributed by atoms with Crippen molar-refractivity contribution in [3.8, 4) is 0 Å². The van der Waals surface area contributed by atoms with Crippen molar-refractivity contribution in [3.63, 3.8) is 0 Å². The highest BCUT2D eigenvalue weighted by Crippen LogP contribution is 2.19. The van der Waals surface area contributed by atoms with Crippen molar-refractivity contribution >= 4 is 34.7 Å². The molecule has 10 heteroatoms. The van der Waals surface area contributed by atoms with Gasteiger partial charge in [-0.2, -0.15) is 0 Å². The molecule has 0 aliphatic carbocycles. The minimum atomic E-state index is -0.493. The van der Waals surface area contributed by atoms with E-state index in [0.717, 1.165) is 28.5 Å². The Morgan fingerprint density at radius 3 is 2.35 bits per heavy atom. The molecule has 1 aromatic heterocycles. The van der Waals surface area contributed by atoms with Crippen molar-refractivity contribution in [2.75, 3.05) is 31.3 Å². The van der Waals surface area contributed by atoms with Crippen molar-refractivity contribution in [2.24, 2.45) is 10.3 Å². The van der Waals surface area contributed by atoms with Crippen molar-refractivity contribution in [3.05, 3.63) is 65.7 Å². The zero-order valence-corrected chi connectivity index (χ0v) is 18.4. The summed E-state index contributed by atoms with van der Waals surface area (Å²) in [6.45, 7) is 11.7. The summed E-state index contributed by atoms with van der Waals surface area (Å²) in [7, 11) is 0. The quantitative estimate of drug-likeness (QED) is 0.135. The third-order valence-electron chi connectivity index (χ3n) is 3.99. The molecule has 0 atom stereocenters. The summed E-state index contributed by atoms with van der Waals surface area (Å²) in [6, 6.07) is 7.39. The number of aryl methyl sites for hydroxylation is 2. The van der Waals surface area contributed by atoms with Crippen LogP contribution in [0.3, 0.4) is 0 Å². The van der Waals surface area contributed by atoms with Gasteiger partial charge in [-0.05, 0) is 24.3 Å². The van der Waals surface area contributed by atoms with E-state index in [4.69, 9.17) is 9.47 Å². The molecule has 31 heavy (non-hydrogen) atoms. The molecule has 0 saturated carbocycles. The zero-order chi connectivity index (χ0) is 22.6. The molecule has 0 aliphatic rings. The molecule has 0 fully saturated rings. The summed E-state index contributed by atoms with van der Waals surface area (Å²) in [5.74, 6) is -0.982. The molecule has 164 valence electrons. The topological polar surface area (TPSA) is 96.5 Å². The predicted molar refractivity (Wildman–Crippen MR) is 118 cm³/mol. The van der Waals surface area contributed by atoms with Crippen LogP contribution in [0.2, 0.25) is 0 Å². The lowest BCUT2D eigenvalue weighted by Gasteiger charge is -2.25. The number of aromatic nitrogens is 1. The van der Waals surface area contributed by atoms with Crippen LogP contribution in [0.4, 0.5) is 11.4 Å². The number of nitrogens with zero attached hydrogens (tertiary/aromatic N) is 4. The fraction of sp³-hybridized carbons (Fsp3) is 0.286. The first kappa shape index (κ1) is 23.9. The van der Waals surface area contributed by atoms with E-state index in [0.29, 0.717) is 18.8 Å². The van der Waals surface area contributed by atoms with Gasteiger partial charge >= 0.3 is 11.9 Å². The molecule has 0 unspecified atom stereocenters. The highest BCUT2D eigenvalue weighted by atomic mass is 32.1. The Morgan fingerprint density at radius 2 is 1.77 bits per heavy atom. The molecule has 1 aromatic carbocycles. The Hall–Kier alpha value is -3.37. The number of anilines is 1. The van der Waals surface area contributed by atoms with Crippen LogP contribution >= 0.6 is 11.3 Å². The maximum absolute atomic E-state index is 11.3. The highest BCUT2D eigenvalue weighted by molar-refractivity contribution is 7.09. The van der Waals surface area contributed by atoms with E-state index < -0.39 is 11.9 Å². The minimum Gasteiger partial charge on any atom is -0.461 e. The van der Waals surface area contributed by atoms with Gasteiger partial charge in [0.1, 0.15) is 24.1 Å². The molecule has 2 rings (SSSR count). The van der Waals surface area contributed by atoms with Crippen LogP contribution < -0.4 is 15.1 Å². The summed E-state index contributed by atoms with van der Waals surface area (Å²) < 4.78 is 11.8. The minimum absolute atomic E-state index is 0.152. The van der Waals surface area contributed by atoms with E-state index in [-0.39, 0.29) is 13.2 Å². The van der Waals surface area contributed by atoms with Gasteiger partial charge in [0, 0.05) is 37.9 Å². The predicted octanol–water partition coefficient (Wildman–Crippen LogP) is 2.97. The molecular weight excluding hydrogens is 418 g/mol. The maximum Gasteiger partial charge on any atom is 0.330 e. The van der Waals surface area contributed by atoms with Gasteiger partial charge in [0.2, 0.25) is 5.69 Å². The molecule has 0 amide bonds. The number of ether oxygens (including phenoxy) is 2. The Kier molecular flexibility index (Phi) is 9.53.